The number of likely N-dealkylation sites (N-methyl/N-ethyl adjacent to an activating group) is 1. The van der Waals surface area contributed by atoms with Crippen molar-refractivity contribution in [1.82, 2.24) is 14.9 Å². The van der Waals surface area contributed by atoms with Crippen molar-refractivity contribution in [3.8, 4) is 11.8 Å². The molecule has 2 unspecified atom stereocenters. The Morgan fingerprint density at radius 2 is 2.42 bits per heavy atom. The Morgan fingerprint density at radius 1 is 1.62 bits per heavy atom. The molecule has 0 aliphatic carbocycles. The number of anilines is 2. The van der Waals surface area contributed by atoms with Crippen molar-refractivity contribution < 1.29 is 9.53 Å². The first-order valence-corrected chi connectivity index (χ1v) is 7.87. The third-order valence-corrected chi connectivity index (χ3v) is 4.60. The maximum Gasteiger partial charge on any atom is 0.236 e. The smallest absolute Gasteiger partial charge is 0.236 e. The summed E-state index contributed by atoms with van der Waals surface area (Å²) in [6.07, 6.45) is 2.28. The number of fused-ring (bicyclic) bond motifs is 1. The number of aromatic nitrogens is 2. The van der Waals surface area contributed by atoms with Crippen molar-refractivity contribution >= 4 is 17.5 Å². The number of ether oxygens (including phenoxy) is 1. The van der Waals surface area contributed by atoms with E-state index in [0.717, 1.165) is 6.42 Å². The summed E-state index contributed by atoms with van der Waals surface area (Å²) in [6, 6.07) is 2.01. The molecule has 1 N–H and O–H groups in total. The van der Waals surface area contributed by atoms with Crippen molar-refractivity contribution in [2.45, 2.75) is 25.8 Å². The molecule has 2 aliphatic heterocycles. The van der Waals surface area contributed by atoms with Gasteiger partial charge in [-0.3, -0.25) is 4.79 Å². The molecule has 0 spiro atoms. The summed E-state index contributed by atoms with van der Waals surface area (Å²) in [4.78, 5) is 24.3. The number of hydrogen-bond acceptors (Lipinski definition) is 7. The number of nitrogens with zero attached hydrogens (tertiary/aromatic N) is 5. The summed E-state index contributed by atoms with van der Waals surface area (Å²) in [5.74, 6) is 2.49. The van der Waals surface area contributed by atoms with Gasteiger partial charge in [0.1, 0.15) is 12.7 Å². The number of nitrogens with one attached hydrogen (secondary N) is 1. The molecular formula is C16H20N6O2. The number of carbonyl (C=O) groups is 1. The van der Waals surface area contributed by atoms with Gasteiger partial charge in [-0.05, 0) is 18.9 Å². The molecule has 1 amide bonds. The number of rotatable bonds is 3. The Kier molecular flexibility index (Phi) is 4.25. The summed E-state index contributed by atoms with van der Waals surface area (Å²) >= 11 is 0. The van der Waals surface area contributed by atoms with E-state index < -0.39 is 0 Å². The van der Waals surface area contributed by atoms with Crippen LogP contribution in [-0.4, -0.2) is 47.0 Å². The third kappa shape index (κ3) is 2.85. The van der Waals surface area contributed by atoms with Crippen LogP contribution in [0.3, 0.4) is 0 Å². The molecule has 24 heavy (non-hydrogen) atoms. The molecule has 0 aromatic carbocycles. The van der Waals surface area contributed by atoms with Crippen LogP contribution in [0.1, 0.15) is 19.8 Å². The molecule has 0 bridgehead atoms. The van der Waals surface area contributed by atoms with E-state index in [4.69, 9.17) is 10.00 Å². The van der Waals surface area contributed by atoms with Gasteiger partial charge in [0.05, 0.1) is 12.1 Å². The van der Waals surface area contributed by atoms with E-state index in [2.05, 4.69) is 28.8 Å². The first kappa shape index (κ1) is 16.1. The molecule has 8 nitrogen and oxygen atoms in total. The highest BCUT2D eigenvalue weighted by Gasteiger charge is 2.34. The average molecular weight is 328 g/mol. The van der Waals surface area contributed by atoms with Crippen LogP contribution in [0.5, 0.6) is 5.75 Å². The molecule has 8 heteroatoms. The highest BCUT2D eigenvalue weighted by molar-refractivity contribution is 5.78. The van der Waals surface area contributed by atoms with Crippen molar-refractivity contribution in [3.63, 3.8) is 0 Å². The summed E-state index contributed by atoms with van der Waals surface area (Å²) in [5.41, 5.74) is 0. The molecule has 3 heterocycles. The fraction of sp³-hybridized carbons (Fsp3) is 0.500. The van der Waals surface area contributed by atoms with E-state index >= 15 is 0 Å². The minimum Gasteiger partial charge on any atom is -0.434 e. The molecule has 0 radical (unpaired) electrons. The van der Waals surface area contributed by atoms with E-state index in [-0.39, 0.29) is 18.4 Å². The van der Waals surface area contributed by atoms with Crippen molar-refractivity contribution in [1.29, 1.82) is 5.26 Å². The molecule has 1 aromatic heterocycles. The lowest BCUT2D eigenvalue weighted by Crippen LogP contribution is -2.52. The van der Waals surface area contributed by atoms with E-state index in [1.807, 2.05) is 18.0 Å². The van der Waals surface area contributed by atoms with Gasteiger partial charge in [-0.15, -0.1) is 0 Å². The lowest BCUT2D eigenvalue weighted by Gasteiger charge is -2.42. The summed E-state index contributed by atoms with van der Waals surface area (Å²) in [6.45, 7) is 7.15. The van der Waals surface area contributed by atoms with Gasteiger partial charge in [0, 0.05) is 20.1 Å². The fourth-order valence-corrected chi connectivity index (χ4v) is 3.20. The zero-order valence-electron chi connectivity index (χ0n) is 13.8. The van der Waals surface area contributed by atoms with E-state index in [1.165, 1.54) is 6.33 Å². The minimum atomic E-state index is -0.123. The Balaban J connectivity index is 1.83. The number of likely N-dealkylation sites (tertiary alicyclic amines) is 1. The second-order valence-corrected chi connectivity index (χ2v) is 6.14. The maximum absolute atomic E-state index is 12.1. The normalized spacial score (nSPS) is 22.2. The SMILES string of the molecule is C=C1Nc2ncnc(N(C)C3CN(C(=O)CC#N)CCC3C)c2O1. The van der Waals surface area contributed by atoms with Crippen molar-refractivity contribution in [3.05, 3.63) is 18.8 Å². The van der Waals surface area contributed by atoms with Gasteiger partial charge in [-0.1, -0.05) is 6.92 Å². The Bertz CT molecular complexity index is 713. The van der Waals surface area contributed by atoms with E-state index in [1.54, 1.807) is 4.90 Å². The third-order valence-electron chi connectivity index (χ3n) is 4.60. The zero-order valence-corrected chi connectivity index (χ0v) is 13.8. The molecule has 3 rings (SSSR count). The molecule has 2 aliphatic rings. The monoisotopic (exact) mass is 328 g/mol. The van der Waals surface area contributed by atoms with Gasteiger partial charge in [-0.2, -0.15) is 5.26 Å². The molecule has 1 fully saturated rings. The van der Waals surface area contributed by atoms with Gasteiger partial charge in [0.15, 0.2) is 17.5 Å². The van der Waals surface area contributed by atoms with Crippen LogP contribution in [0.25, 0.3) is 0 Å². The predicted molar refractivity (Wildman–Crippen MR) is 88.2 cm³/mol. The van der Waals surface area contributed by atoms with Crippen LogP contribution >= 0.6 is 0 Å². The van der Waals surface area contributed by atoms with Gasteiger partial charge in [0.25, 0.3) is 0 Å². The van der Waals surface area contributed by atoms with Gasteiger partial charge < -0.3 is 19.9 Å². The highest BCUT2D eigenvalue weighted by Crippen LogP contribution is 2.39. The maximum atomic E-state index is 12.1. The molecule has 2 atom stereocenters. The zero-order chi connectivity index (χ0) is 17.3. The van der Waals surface area contributed by atoms with Gasteiger partial charge in [0.2, 0.25) is 11.7 Å². The summed E-state index contributed by atoms with van der Waals surface area (Å²) < 4.78 is 5.60. The van der Waals surface area contributed by atoms with Crippen LogP contribution in [-0.2, 0) is 4.79 Å². The Labute approximate surface area is 140 Å². The lowest BCUT2D eigenvalue weighted by atomic mass is 9.92. The first-order chi connectivity index (χ1) is 11.5. The largest absolute Gasteiger partial charge is 0.434 e. The molecule has 0 saturated carbocycles. The van der Waals surface area contributed by atoms with Gasteiger partial charge >= 0.3 is 0 Å². The molecular weight excluding hydrogens is 308 g/mol. The summed E-state index contributed by atoms with van der Waals surface area (Å²) in [5, 5.41) is 11.7. The van der Waals surface area contributed by atoms with Crippen LogP contribution in [0.15, 0.2) is 18.8 Å². The van der Waals surface area contributed by atoms with Crippen LogP contribution in [0, 0.1) is 17.2 Å². The van der Waals surface area contributed by atoms with Gasteiger partial charge in [-0.25, -0.2) is 9.97 Å². The number of nitriles is 1. The quantitative estimate of drug-likeness (QED) is 0.894. The molecule has 1 saturated heterocycles. The van der Waals surface area contributed by atoms with E-state index in [0.29, 0.717) is 42.3 Å². The van der Waals surface area contributed by atoms with Crippen LogP contribution < -0.4 is 15.0 Å². The number of carbonyl (C=O) groups excluding carboxylic acids is 1. The Morgan fingerprint density at radius 3 is 3.17 bits per heavy atom. The van der Waals surface area contributed by atoms with E-state index in [9.17, 15) is 4.79 Å². The van der Waals surface area contributed by atoms with Crippen LogP contribution in [0.2, 0.25) is 0 Å². The second kappa shape index (κ2) is 6.35. The fourth-order valence-electron chi connectivity index (χ4n) is 3.20. The molecule has 1 aromatic rings. The van der Waals surface area contributed by atoms with Crippen molar-refractivity contribution in [2.24, 2.45) is 5.92 Å². The highest BCUT2D eigenvalue weighted by atomic mass is 16.5. The first-order valence-electron chi connectivity index (χ1n) is 7.87. The Hall–Kier alpha value is -2.82. The number of piperidine rings is 1. The average Bonchev–Trinajstić information content (AvgIpc) is 2.95. The standard InChI is InChI=1S/C16H20N6O2/c1-10-5-7-22(13(23)4-6-17)8-12(10)21(3)16-14-15(18-9-19-16)20-11(2)24-14/h9-10,12H,2,4-5,7-8H2,1,3H3,(H,18,19,20). The minimum absolute atomic E-state index is 0.0814. The topological polar surface area (TPSA) is 94.4 Å². The number of hydrogen-bond donors (Lipinski definition) is 1. The summed E-state index contributed by atoms with van der Waals surface area (Å²) in [7, 11) is 1.94. The number of amides is 1. The second-order valence-electron chi connectivity index (χ2n) is 6.14. The molecule has 126 valence electrons. The van der Waals surface area contributed by atoms with Crippen LogP contribution in [0.4, 0.5) is 11.6 Å². The lowest BCUT2D eigenvalue weighted by molar-refractivity contribution is -0.131. The predicted octanol–water partition coefficient (Wildman–Crippen LogP) is 1.34. The van der Waals surface area contributed by atoms with Crippen molar-refractivity contribution in [2.75, 3.05) is 30.4 Å².